The van der Waals surface area contributed by atoms with Gasteiger partial charge in [-0.1, -0.05) is 0 Å². The monoisotopic (exact) mass is 473 g/mol. The van der Waals surface area contributed by atoms with Crippen molar-refractivity contribution in [3.8, 4) is 0 Å². The molecule has 1 spiro atoms. The van der Waals surface area contributed by atoms with Gasteiger partial charge in [0.2, 0.25) is 5.91 Å². The van der Waals surface area contributed by atoms with Crippen LogP contribution in [0.15, 0.2) is 10.5 Å². The molecule has 2 saturated heterocycles. The van der Waals surface area contributed by atoms with Crippen LogP contribution >= 0.6 is 0 Å². The van der Waals surface area contributed by atoms with Crippen molar-refractivity contribution in [2.75, 3.05) is 39.8 Å². The Balaban J connectivity index is 0.000000383. The molecule has 2 amide bonds. The number of aryl methyl sites for hydroxylation is 2. The molecule has 0 bridgehead atoms. The molecule has 184 valence electrons. The molecule has 3 fully saturated rings. The predicted octanol–water partition coefficient (Wildman–Crippen LogP) is 2.69. The second-order valence-electron chi connectivity index (χ2n) is 9.07. The van der Waals surface area contributed by atoms with Crippen LogP contribution < -0.4 is 0 Å². The van der Waals surface area contributed by atoms with E-state index in [2.05, 4.69) is 4.90 Å². The highest BCUT2D eigenvalue weighted by Crippen LogP contribution is 2.38. The lowest BCUT2D eigenvalue weighted by Crippen LogP contribution is -2.68. The van der Waals surface area contributed by atoms with Gasteiger partial charge in [-0.3, -0.25) is 14.5 Å². The average molecular weight is 473 g/mol. The van der Waals surface area contributed by atoms with Crippen LogP contribution in [0.4, 0.5) is 13.2 Å². The predicted molar refractivity (Wildman–Crippen MR) is 112 cm³/mol. The maximum absolute atomic E-state index is 13.1. The molecule has 1 aromatic heterocycles. The summed E-state index contributed by atoms with van der Waals surface area (Å²) >= 11 is 0. The Hall–Kier alpha value is -2.56. The molecule has 0 atom stereocenters. The molecule has 4 rings (SSSR count). The van der Waals surface area contributed by atoms with E-state index in [9.17, 15) is 22.8 Å². The van der Waals surface area contributed by atoms with Gasteiger partial charge in [-0.2, -0.15) is 13.2 Å². The Morgan fingerprint density at radius 1 is 1.15 bits per heavy atom. The van der Waals surface area contributed by atoms with Crippen molar-refractivity contribution >= 4 is 17.8 Å². The van der Waals surface area contributed by atoms with Crippen LogP contribution in [0.1, 0.15) is 47.6 Å². The van der Waals surface area contributed by atoms with E-state index >= 15 is 0 Å². The van der Waals surface area contributed by atoms with Gasteiger partial charge < -0.3 is 19.3 Å². The molecule has 0 radical (unpaired) electrons. The number of aliphatic carboxylic acids is 1. The molecular formula is C22H30F3N3O5. The third-order valence-electron chi connectivity index (χ3n) is 6.62. The topological polar surface area (TPSA) is 94.3 Å². The fourth-order valence-electron chi connectivity index (χ4n) is 4.58. The maximum Gasteiger partial charge on any atom is 0.490 e. The number of piperazine rings is 1. The SMILES string of the molecule is Cc1cc(C(=O)N2CCC3(CC2)C(=O)N(C)CCN3CC2CC2)c(C)o1.O=C(O)C(F)(F)F. The number of likely N-dealkylation sites (tertiary alicyclic amines) is 1. The number of rotatable bonds is 3. The van der Waals surface area contributed by atoms with Crippen molar-refractivity contribution < 1.29 is 37.1 Å². The van der Waals surface area contributed by atoms with Gasteiger partial charge in [0.15, 0.2) is 0 Å². The number of halogens is 3. The molecule has 3 aliphatic rings. The third-order valence-corrected chi connectivity index (χ3v) is 6.62. The Labute approximate surface area is 190 Å². The van der Waals surface area contributed by atoms with Crippen LogP contribution in [0.5, 0.6) is 0 Å². The van der Waals surface area contributed by atoms with Crippen LogP contribution in [0.2, 0.25) is 0 Å². The molecule has 0 unspecified atom stereocenters. The number of carboxylic acids is 1. The summed E-state index contributed by atoms with van der Waals surface area (Å²) in [5, 5.41) is 7.12. The van der Waals surface area contributed by atoms with Crippen molar-refractivity contribution in [1.82, 2.24) is 14.7 Å². The molecule has 33 heavy (non-hydrogen) atoms. The van der Waals surface area contributed by atoms with E-state index in [-0.39, 0.29) is 11.8 Å². The van der Waals surface area contributed by atoms with E-state index in [1.807, 2.05) is 36.8 Å². The largest absolute Gasteiger partial charge is 0.490 e. The fraction of sp³-hybridized carbons (Fsp3) is 0.682. The Morgan fingerprint density at radius 3 is 2.18 bits per heavy atom. The van der Waals surface area contributed by atoms with E-state index in [1.54, 1.807) is 0 Å². The number of nitrogens with zero attached hydrogens (tertiary/aromatic N) is 3. The number of carboxylic acid groups (broad SMARTS) is 1. The summed E-state index contributed by atoms with van der Waals surface area (Å²) in [4.78, 5) is 41.1. The molecule has 1 aromatic rings. The highest BCUT2D eigenvalue weighted by molar-refractivity contribution is 5.96. The number of hydrogen-bond donors (Lipinski definition) is 1. The molecule has 3 heterocycles. The Kier molecular flexibility index (Phi) is 7.11. The highest BCUT2D eigenvalue weighted by atomic mass is 19.4. The number of amides is 2. The zero-order valence-corrected chi connectivity index (χ0v) is 19.1. The summed E-state index contributed by atoms with van der Waals surface area (Å²) in [5.41, 5.74) is 0.244. The minimum Gasteiger partial charge on any atom is -0.475 e. The van der Waals surface area contributed by atoms with Crippen molar-refractivity contribution in [3.63, 3.8) is 0 Å². The van der Waals surface area contributed by atoms with Crippen molar-refractivity contribution in [2.45, 2.75) is 51.2 Å². The summed E-state index contributed by atoms with van der Waals surface area (Å²) in [6, 6.07) is 1.82. The number of piperidine rings is 1. The van der Waals surface area contributed by atoms with Gasteiger partial charge in [0.25, 0.3) is 5.91 Å². The van der Waals surface area contributed by atoms with Crippen LogP contribution in [-0.4, -0.2) is 89.1 Å². The van der Waals surface area contributed by atoms with Gasteiger partial charge in [0.05, 0.1) is 5.56 Å². The second-order valence-corrected chi connectivity index (χ2v) is 9.07. The standard InChI is InChI=1S/C20H29N3O3.C2HF3O2/c1-14-12-17(15(2)26-14)18(24)22-8-6-20(7-9-22)19(25)21(3)10-11-23(20)13-16-4-5-16;3-2(4,5)1(6)7/h12,16H,4-11,13H2,1-3H3;(H,6,7). The summed E-state index contributed by atoms with van der Waals surface area (Å²) in [6.45, 7) is 7.75. The number of hydrogen-bond acceptors (Lipinski definition) is 5. The van der Waals surface area contributed by atoms with Gasteiger partial charge in [0.1, 0.15) is 17.1 Å². The van der Waals surface area contributed by atoms with Gasteiger partial charge in [0, 0.05) is 39.8 Å². The first-order valence-electron chi connectivity index (χ1n) is 11.0. The van der Waals surface area contributed by atoms with Crippen molar-refractivity contribution in [2.24, 2.45) is 5.92 Å². The van der Waals surface area contributed by atoms with E-state index in [0.717, 1.165) is 44.2 Å². The summed E-state index contributed by atoms with van der Waals surface area (Å²) in [5.74, 6) is -0.283. The van der Waals surface area contributed by atoms with Crippen molar-refractivity contribution in [1.29, 1.82) is 0 Å². The van der Waals surface area contributed by atoms with Crippen LogP contribution in [0.3, 0.4) is 0 Å². The lowest BCUT2D eigenvalue weighted by molar-refractivity contribution is -0.192. The van der Waals surface area contributed by atoms with Gasteiger partial charge >= 0.3 is 12.1 Å². The smallest absolute Gasteiger partial charge is 0.475 e. The molecule has 2 aliphatic heterocycles. The average Bonchev–Trinajstić information content (AvgIpc) is 3.50. The number of likely N-dealkylation sites (N-methyl/N-ethyl adjacent to an activating group) is 1. The first-order chi connectivity index (χ1) is 15.3. The Bertz CT molecular complexity index is 902. The molecule has 0 aromatic carbocycles. The quantitative estimate of drug-likeness (QED) is 0.726. The van der Waals surface area contributed by atoms with E-state index < -0.39 is 17.7 Å². The first kappa shape index (κ1) is 25.1. The molecular weight excluding hydrogens is 443 g/mol. The zero-order chi connectivity index (χ0) is 24.6. The van der Waals surface area contributed by atoms with Crippen LogP contribution in [-0.2, 0) is 9.59 Å². The van der Waals surface area contributed by atoms with Gasteiger partial charge in [-0.05, 0) is 51.5 Å². The number of carbonyl (C=O) groups excluding carboxylic acids is 2. The first-order valence-corrected chi connectivity index (χ1v) is 11.0. The van der Waals surface area contributed by atoms with Crippen LogP contribution in [0.25, 0.3) is 0 Å². The lowest BCUT2D eigenvalue weighted by Gasteiger charge is -2.52. The molecule has 1 aliphatic carbocycles. The van der Waals surface area contributed by atoms with Gasteiger partial charge in [-0.15, -0.1) is 0 Å². The minimum absolute atomic E-state index is 0.0274. The molecule has 1 N–H and O–H groups in total. The summed E-state index contributed by atoms with van der Waals surface area (Å²) in [6.07, 6.45) is -1.05. The van der Waals surface area contributed by atoms with E-state index in [0.29, 0.717) is 24.4 Å². The fourth-order valence-corrected chi connectivity index (χ4v) is 4.58. The number of furan rings is 1. The van der Waals surface area contributed by atoms with E-state index in [1.165, 1.54) is 12.8 Å². The lowest BCUT2D eigenvalue weighted by atomic mass is 9.82. The van der Waals surface area contributed by atoms with Gasteiger partial charge in [-0.25, -0.2) is 4.79 Å². The number of carbonyl (C=O) groups is 3. The Morgan fingerprint density at radius 2 is 1.73 bits per heavy atom. The molecule has 8 nitrogen and oxygen atoms in total. The third kappa shape index (κ3) is 5.51. The highest BCUT2D eigenvalue weighted by Gasteiger charge is 2.51. The molecule has 1 saturated carbocycles. The second kappa shape index (κ2) is 9.36. The normalized spacial score (nSPS) is 21.1. The molecule has 11 heteroatoms. The maximum atomic E-state index is 13.1. The van der Waals surface area contributed by atoms with Crippen LogP contribution in [0, 0.1) is 19.8 Å². The van der Waals surface area contributed by atoms with Crippen molar-refractivity contribution in [3.05, 3.63) is 23.2 Å². The minimum atomic E-state index is -5.08. The zero-order valence-electron chi connectivity index (χ0n) is 19.1. The number of alkyl halides is 3. The summed E-state index contributed by atoms with van der Waals surface area (Å²) in [7, 11) is 1.91. The van der Waals surface area contributed by atoms with E-state index in [4.69, 9.17) is 14.3 Å². The summed E-state index contributed by atoms with van der Waals surface area (Å²) < 4.78 is 37.3.